The van der Waals surface area contributed by atoms with Gasteiger partial charge in [-0.05, 0) is 46.4 Å². The average molecular weight is 411 g/mol. The van der Waals surface area contributed by atoms with Gasteiger partial charge >= 0.3 is 0 Å². The third-order valence-electron chi connectivity index (χ3n) is 3.74. The molecule has 3 nitrogen and oxygen atoms in total. The summed E-state index contributed by atoms with van der Waals surface area (Å²) in [6.07, 6.45) is 4.12. The van der Waals surface area contributed by atoms with Gasteiger partial charge in [0.05, 0.1) is 5.69 Å². The lowest BCUT2D eigenvalue weighted by Gasteiger charge is -2.08. The van der Waals surface area contributed by atoms with Crippen molar-refractivity contribution >= 4 is 22.6 Å². The molecular formula is C19H14IN3. The fraction of sp³-hybridized carbons (Fsp3) is 0.0526. The maximum atomic E-state index is 4.67. The van der Waals surface area contributed by atoms with Crippen LogP contribution in [0.5, 0.6) is 0 Å². The fourth-order valence-corrected chi connectivity index (χ4v) is 2.93. The molecule has 0 N–H and O–H groups in total. The maximum absolute atomic E-state index is 4.67. The van der Waals surface area contributed by atoms with Crippen molar-refractivity contribution in [2.24, 2.45) is 0 Å². The smallest absolute Gasteiger partial charge is 0.160 e. The van der Waals surface area contributed by atoms with E-state index in [0.29, 0.717) is 0 Å². The first-order valence-electron chi connectivity index (χ1n) is 7.41. The SMILES string of the molecule is Ic1ccc(Cn2ccc3nc(-c4ccccc4)nc-3c2)cc1. The molecule has 4 heteroatoms. The number of pyridine rings is 1. The van der Waals surface area contributed by atoms with Crippen molar-refractivity contribution in [1.82, 2.24) is 14.5 Å². The predicted molar refractivity (Wildman–Crippen MR) is 100 cm³/mol. The summed E-state index contributed by atoms with van der Waals surface area (Å²) in [5, 5.41) is 0. The number of imidazole rings is 1. The van der Waals surface area contributed by atoms with Gasteiger partial charge in [0.2, 0.25) is 0 Å². The van der Waals surface area contributed by atoms with Crippen LogP contribution in [0.3, 0.4) is 0 Å². The third-order valence-corrected chi connectivity index (χ3v) is 4.46. The van der Waals surface area contributed by atoms with Crippen molar-refractivity contribution in [3.8, 4) is 22.8 Å². The molecule has 2 aliphatic rings. The van der Waals surface area contributed by atoms with Crippen LogP contribution in [0.1, 0.15) is 5.56 Å². The maximum Gasteiger partial charge on any atom is 0.160 e. The zero-order valence-electron chi connectivity index (χ0n) is 12.4. The minimum absolute atomic E-state index is 0.785. The Bertz CT molecular complexity index is 898. The summed E-state index contributed by atoms with van der Waals surface area (Å²) in [7, 11) is 0. The summed E-state index contributed by atoms with van der Waals surface area (Å²) < 4.78 is 3.40. The second-order valence-electron chi connectivity index (χ2n) is 5.43. The minimum Gasteiger partial charge on any atom is -0.348 e. The lowest BCUT2D eigenvalue weighted by Crippen LogP contribution is -2.00. The summed E-state index contributed by atoms with van der Waals surface area (Å²) >= 11 is 2.32. The Morgan fingerprint density at radius 2 is 1.57 bits per heavy atom. The van der Waals surface area contributed by atoms with Gasteiger partial charge in [-0.15, -0.1) is 0 Å². The van der Waals surface area contributed by atoms with Crippen LogP contribution in [0.2, 0.25) is 0 Å². The Labute approximate surface area is 148 Å². The van der Waals surface area contributed by atoms with E-state index in [0.717, 1.165) is 29.3 Å². The topological polar surface area (TPSA) is 30.7 Å². The molecule has 0 saturated carbocycles. The monoisotopic (exact) mass is 411 g/mol. The van der Waals surface area contributed by atoms with Crippen molar-refractivity contribution < 1.29 is 0 Å². The fourth-order valence-electron chi connectivity index (χ4n) is 2.57. The highest BCUT2D eigenvalue weighted by atomic mass is 127. The molecule has 0 amide bonds. The Morgan fingerprint density at radius 3 is 2.35 bits per heavy atom. The highest BCUT2D eigenvalue weighted by Crippen LogP contribution is 2.24. The molecule has 2 aromatic rings. The minimum atomic E-state index is 0.785. The number of hydrogen-bond acceptors (Lipinski definition) is 2. The van der Waals surface area contributed by atoms with E-state index in [1.807, 2.05) is 36.4 Å². The first-order valence-corrected chi connectivity index (χ1v) is 8.49. The number of fused-ring (bicyclic) bond motifs is 1. The molecule has 0 unspecified atom stereocenters. The number of benzene rings is 2. The number of halogens is 1. The van der Waals surface area contributed by atoms with Crippen LogP contribution in [0, 0.1) is 3.57 Å². The summed E-state index contributed by atoms with van der Waals surface area (Å²) in [6.45, 7) is 0.834. The van der Waals surface area contributed by atoms with Gasteiger partial charge in [0.1, 0.15) is 5.69 Å². The standard InChI is InChI=1S/C19H14IN3/c20-16-8-6-14(7-9-16)12-23-11-10-17-18(13-23)22-19(21-17)15-4-2-1-3-5-15/h1-11,13H,12H2. The van der Waals surface area contributed by atoms with Gasteiger partial charge in [-0.3, -0.25) is 0 Å². The molecule has 2 aliphatic heterocycles. The molecule has 0 aliphatic carbocycles. The molecule has 112 valence electrons. The molecule has 2 heterocycles. The van der Waals surface area contributed by atoms with Crippen LogP contribution in [-0.2, 0) is 6.54 Å². The molecule has 0 atom stereocenters. The van der Waals surface area contributed by atoms with E-state index in [4.69, 9.17) is 0 Å². The van der Waals surface area contributed by atoms with Crippen LogP contribution in [0.4, 0.5) is 0 Å². The third kappa shape index (κ3) is 3.12. The quantitative estimate of drug-likeness (QED) is 0.458. The Kier molecular flexibility index (Phi) is 3.83. The van der Waals surface area contributed by atoms with Gasteiger partial charge in [0.25, 0.3) is 0 Å². The summed E-state index contributed by atoms with van der Waals surface area (Å²) in [5.74, 6) is 0.785. The second-order valence-corrected chi connectivity index (χ2v) is 6.67. The zero-order chi connectivity index (χ0) is 15.6. The molecule has 0 spiro atoms. The van der Waals surface area contributed by atoms with Crippen molar-refractivity contribution in [3.05, 3.63) is 82.2 Å². The summed E-state index contributed by atoms with van der Waals surface area (Å²) in [5.41, 5.74) is 4.19. The first-order chi connectivity index (χ1) is 11.3. The highest BCUT2D eigenvalue weighted by molar-refractivity contribution is 14.1. The number of hydrogen-bond donors (Lipinski definition) is 0. The van der Waals surface area contributed by atoms with Gasteiger partial charge in [-0.25, -0.2) is 9.97 Å². The van der Waals surface area contributed by atoms with E-state index in [2.05, 4.69) is 73.8 Å². The van der Waals surface area contributed by atoms with Crippen molar-refractivity contribution in [2.45, 2.75) is 6.54 Å². The number of aromatic nitrogens is 3. The van der Waals surface area contributed by atoms with E-state index >= 15 is 0 Å². The predicted octanol–water partition coefficient (Wildman–Crippen LogP) is 4.70. The van der Waals surface area contributed by atoms with E-state index < -0.39 is 0 Å². The van der Waals surface area contributed by atoms with E-state index in [9.17, 15) is 0 Å². The molecule has 23 heavy (non-hydrogen) atoms. The van der Waals surface area contributed by atoms with Crippen LogP contribution >= 0.6 is 22.6 Å². The van der Waals surface area contributed by atoms with Crippen LogP contribution in [0.25, 0.3) is 22.8 Å². The van der Waals surface area contributed by atoms with E-state index in [1.165, 1.54) is 9.13 Å². The van der Waals surface area contributed by atoms with Crippen LogP contribution in [0.15, 0.2) is 73.1 Å². The van der Waals surface area contributed by atoms with Gasteiger partial charge in [-0.1, -0.05) is 42.5 Å². The molecule has 0 saturated heterocycles. The normalized spacial score (nSPS) is 11.0. The molecule has 0 radical (unpaired) electrons. The van der Waals surface area contributed by atoms with Crippen molar-refractivity contribution in [2.75, 3.05) is 0 Å². The highest BCUT2D eigenvalue weighted by Gasteiger charge is 2.12. The Hall–Kier alpha value is -2.21. The molecule has 0 fully saturated rings. The van der Waals surface area contributed by atoms with Gasteiger partial charge in [0, 0.05) is 28.1 Å². The summed E-state index contributed by atoms with van der Waals surface area (Å²) in [4.78, 5) is 9.28. The number of nitrogens with zero attached hydrogens (tertiary/aromatic N) is 3. The van der Waals surface area contributed by atoms with E-state index in [1.54, 1.807) is 0 Å². The summed E-state index contributed by atoms with van der Waals surface area (Å²) in [6, 6.07) is 20.7. The van der Waals surface area contributed by atoms with Crippen molar-refractivity contribution in [1.29, 1.82) is 0 Å². The molecule has 4 rings (SSSR count). The second kappa shape index (κ2) is 6.12. The van der Waals surface area contributed by atoms with Gasteiger partial charge < -0.3 is 4.57 Å². The molecular weight excluding hydrogens is 397 g/mol. The number of rotatable bonds is 3. The molecule has 2 aromatic carbocycles. The lowest BCUT2D eigenvalue weighted by atomic mass is 10.2. The van der Waals surface area contributed by atoms with E-state index in [-0.39, 0.29) is 0 Å². The lowest BCUT2D eigenvalue weighted by molar-refractivity contribution is 0.789. The molecule has 0 aromatic heterocycles. The molecule has 0 bridgehead atoms. The van der Waals surface area contributed by atoms with Crippen LogP contribution in [-0.4, -0.2) is 14.5 Å². The zero-order valence-corrected chi connectivity index (χ0v) is 14.5. The average Bonchev–Trinajstić information content (AvgIpc) is 3.01. The largest absolute Gasteiger partial charge is 0.348 e. The Morgan fingerprint density at radius 1 is 0.826 bits per heavy atom. The van der Waals surface area contributed by atoms with Gasteiger partial charge in [-0.2, -0.15) is 0 Å². The van der Waals surface area contributed by atoms with Crippen molar-refractivity contribution in [3.63, 3.8) is 0 Å². The first kappa shape index (κ1) is 14.4. The van der Waals surface area contributed by atoms with Gasteiger partial charge in [0.15, 0.2) is 5.82 Å². The van der Waals surface area contributed by atoms with Crippen LogP contribution < -0.4 is 0 Å². The Balaban J connectivity index is 1.66.